The van der Waals surface area contributed by atoms with Crippen LogP contribution < -0.4 is 20.9 Å². The Balaban J connectivity index is 1.55. The predicted molar refractivity (Wildman–Crippen MR) is 99.4 cm³/mol. The maximum atomic E-state index is 11.7. The summed E-state index contributed by atoms with van der Waals surface area (Å²) in [4.78, 5) is 29.8. The molecule has 8 heteroatoms. The van der Waals surface area contributed by atoms with Crippen LogP contribution in [-0.2, 0) is 13.0 Å². The number of fused-ring (bicyclic) bond motifs is 1. The van der Waals surface area contributed by atoms with Crippen LogP contribution in [0.25, 0.3) is 0 Å². The zero-order valence-electron chi connectivity index (χ0n) is 14.9. The van der Waals surface area contributed by atoms with E-state index < -0.39 is 5.91 Å². The second-order valence-electron chi connectivity index (χ2n) is 6.66. The van der Waals surface area contributed by atoms with Crippen LogP contribution in [0.5, 0.6) is 0 Å². The molecule has 136 valence electrons. The molecule has 1 saturated heterocycles. The number of nitrogens with one attached hydrogen (secondary N) is 1. The number of primary amides is 1. The summed E-state index contributed by atoms with van der Waals surface area (Å²) >= 11 is 0. The van der Waals surface area contributed by atoms with Gasteiger partial charge < -0.3 is 20.9 Å². The van der Waals surface area contributed by atoms with E-state index in [-0.39, 0.29) is 0 Å². The average molecular weight is 353 g/mol. The van der Waals surface area contributed by atoms with Crippen LogP contribution in [0.15, 0.2) is 18.3 Å². The summed E-state index contributed by atoms with van der Waals surface area (Å²) in [5.41, 5.74) is 8.34. The van der Waals surface area contributed by atoms with Crippen LogP contribution in [-0.4, -0.2) is 53.6 Å². The van der Waals surface area contributed by atoms with Crippen molar-refractivity contribution >= 4 is 17.5 Å². The summed E-state index contributed by atoms with van der Waals surface area (Å²) in [6.45, 7) is 6.91. The van der Waals surface area contributed by atoms with Gasteiger partial charge in [0.2, 0.25) is 0 Å². The topological polar surface area (TPSA) is 100 Å². The van der Waals surface area contributed by atoms with Crippen LogP contribution in [0.2, 0.25) is 0 Å². The van der Waals surface area contributed by atoms with E-state index in [9.17, 15) is 4.79 Å². The van der Waals surface area contributed by atoms with Gasteiger partial charge in [-0.05, 0) is 32.0 Å². The van der Waals surface area contributed by atoms with Crippen molar-refractivity contribution in [2.24, 2.45) is 5.73 Å². The molecule has 26 heavy (non-hydrogen) atoms. The van der Waals surface area contributed by atoms with Crippen molar-refractivity contribution in [2.45, 2.75) is 19.9 Å². The molecule has 2 aromatic rings. The number of carbonyl (C=O) groups is 1. The smallest absolute Gasteiger partial charge is 0.252 e. The Kier molecular flexibility index (Phi) is 4.42. The number of piperazine rings is 1. The van der Waals surface area contributed by atoms with Gasteiger partial charge in [-0.1, -0.05) is 0 Å². The zero-order chi connectivity index (χ0) is 18.1. The minimum absolute atomic E-state index is 0.441. The number of carbonyl (C=O) groups excluding carboxylic acids is 1. The normalized spacial score (nSPS) is 17.1. The third-order valence-corrected chi connectivity index (χ3v) is 4.96. The number of hydrogen-bond donors (Lipinski definition) is 2. The molecule has 1 amide bonds. The van der Waals surface area contributed by atoms with Gasteiger partial charge in [-0.15, -0.1) is 0 Å². The lowest BCUT2D eigenvalue weighted by molar-refractivity contribution is 0.100. The Bertz CT molecular complexity index is 830. The highest BCUT2D eigenvalue weighted by molar-refractivity contribution is 5.97. The number of nitrogens with zero attached hydrogens (tertiary/aromatic N) is 5. The molecule has 4 heterocycles. The monoisotopic (exact) mass is 353 g/mol. The molecule has 8 nitrogen and oxygen atoms in total. The SMILES string of the molecule is Cc1nc2c(c(N3CCN(c4ncccc4C(N)=O)CC3)n1)CCNC2. The molecular formula is C18H23N7O. The van der Waals surface area contributed by atoms with Crippen molar-refractivity contribution < 1.29 is 4.79 Å². The first-order valence-corrected chi connectivity index (χ1v) is 8.95. The minimum Gasteiger partial charge on any atom is -0.365 e. The van der Waals surface area contributed by atoms with Crippen molar-refractivity contribution in [1.29, 1.82) is 0 Å². The van der Waals surface area contributed by atoms with E-state index in [1.165, 1.54) is 5.56 Å². The van der Waals surface area contributed by atoms with Gasteiger partial charge in [-0.25, -0.2) is 15.0 Å². The van der Waals surface area contributed by atoms with Crippen LogP contribution in [0.4, 0.5) is 11.6 Å². The van der Waals surface area contributed by atoms with Crippen molar-refractivity contribution in [2.75, 3.05) is 42.5 Å². The van der Waals surface area contributed by atoms with Crippen LogP contribution in [0, 0.1) is 6.92 Å². The van der Waals surface area contributed by atoms with E-state index in [0.29, 0.717) is 11.4 Å². The molecule has 0 bridgehead atoms. The Morgan fingerprint density at radius 2 is 1.88 bits per heavy atom. The standard InChI is InChI=1S/C18H23N7O/c1-12-22-15-11-20-6-4-13(15)18(23-12)25-9-7-24(8-10-25)17-14(16(19)26)3-2-5-21-17/h2-3,5,20H,4,6-11H2,1H3,(H2,19,26). The van der Waals surface area contributed by atoms with Crippen molar-refractivity contribution in [3.63, 3.8) is 0 Å². The van der Waals surface area contributed by atoms with Gasteiger partial charge >= 0.3 is 0 Å². The van der Waals surface area contributed by atoms with Gasteiger partial charge in [0.25, 0.3) is 5.91 Å². The number of amides is 1. The first-order chi connectivity index (χ1) is 12.6. The van der Waals surface area contributed by atoms with Gasteiger partial charge in [-0.2, -0.15) is 0 Å². The van der Waals surface area contributed by atoms with Crippen molar-refractivity contribution in [3.05, 3.63) is 41.0 Å². The van der Waals surface area contributed by atoms with E-state index in [1.54, 1.807) is 18.3 Å². The number of hydrogen-bond acceptors (Lipinski definition) is 7. The molecule has 0 aromatic carbocycles. The maximum absolute atomic E-state index is 11.7. The summed E-state index contributed by atoms with van der Waals surface area (Å²) in [5, 5.41) is 3.37. The Hall–Kier alpha value is -2.74. The van der Waals surface area contributed by atoms with Gasteiger partial charge in [-0.3, -0.25) is 4.79 Å². The number of aryl methyl sites for hydroxylation is 1. The van der Waals surface area contributed by atoms with E-state index in [0.717, 1.165) is 63.0 Å². The molecule has 0 spiro atoms. The molecule has 2 aliphatic heterocycles. The maximum Gasteiger partial charge on any atom is 0.252 e. The van der Waals surface area contributed by atoms with E-state index >= 15 is 0 Å². The first kappa shape index (κ1) is 16.7. The molecule has 1 fully saturated rings. The highest BCUT2D eigenvalue weighted by Crippen LogP contribution is 2.26. The van der Waals surface area contributed by atoms with Gasteiger partial charge in [0.05, 0.1) is 11.3 Å². The van der Waals surface area contributed by atoms with Gasteiger partial charge in [0.15, 0.2) is 0 Å². The summed E-state index contributed by atoms with van der Waals surface area (Å²) in [5.74, 6) is 2.10. The molecular weight excluding hydrogens is 330 g/mol. The third-order valence-electron chi connectivity index (χ3n) is 4.96. The number of nitrogens with two attached hydrogens (primary N) is 1. The zero-order valence-corrected chi connectivity index (χ0v) is 14.9. The fourth-order valence-electron chi connectivity index (χ4n) is 3.69. The second kappa shape index (κ2) is 6.87. The lowest BCUT2D eigenvalue weighted by atomic mass is 10.1. The number of anilines is 2. The lowest BCUT2D eigenvalue weighted by Gasteiger charge is -2.38. The fourth-order valence-corrected chi connectivity index (χ4v) is 3.69. The molecule has 4 rings (SSSR count). The van der Waals surface area contributed by atoms with Crippen LogP contribution in [0.1, 0.15) is 27.4 Å². The minimum atomic E-state index is -0.441. The number of rotatable bonds is 3. The second-order valence-corrected chi connectivity index (χ2v) is 6.66. The van der Waals surface area contributed by atoms with E-state index in [2.05, 4.69) is 25.1 Å². The fraction of sp³-hybridized carbons (Fsp3) is 0.444. The van der Waals surface area contributed by atoms with E-state index in [4.69, 9.17) is 10.7 Å². The summed E-state index contributed by atoms with van der Waals surface area (Å²) in [7, 11) is 0. The molecule has 3 N–H and O–H groups in total. The number of aromatic nitrogens is 3. The molecule has 0 aliphatic carbocycles. The van der Waals surface area contributed by atoms with Crippen LogP contribution >= 0.6 is 0 Å². The summed E-state index contributed by atoms with van der Waals surface area (Å²) < 4.78 is 0. The molecule has 0 atom stereocenters. The molecule has 2 aliphatic rings. The van der Waals surface area contributed by atoms with Gasteiger partial charge in [0.1, 0.15) is 17.5 Å². The Labute approximate surface area is 152 Å². The molecule has 0 radical (unpaired) electrons. The first-order valence-electron chi connectivity index (χ1n) is 8.95. The molecule has 2 aromatic heterocycles. The molecule has 0 unspecified atom stereocenters. The lowest BCUT2D eigenvalue weighted by Crippen LogP contribution is -2.48. The van der Waals surface area contributed by atoms with Crippen LogP contribution in [0.3, 0.4) is 0 Å². The Morgan fingerprint density at radius 3 is 2.62 bits per heavy atom. The summed E-state index contributed by atoms with van der Waals surface area (Å²) in [6, 6.07) is 3.47. The third kappa shape index (κ3) is 3.08. The highest BCUT2D eigenvalue weighted by Gasteiger charge is 2.26. The van der Waals surface area contributed by atoms with Gasteiger partial charge in [0, 0.05) is 44.5 Å². The van der Waals surface area contributed by atoms with Crippen molar-refractivity contribution in [1.82, 2.24) is 20.3 Å². The number of pyridine rings is 1. The Morgan fingerprint density at radius 1 is 1.15 bits per heavy atom. The summed E-state index contributed by atoms with van der Waals surface area (Å²) in [6.07, 6.45) is 2.66. The van der Waals surface area contributed by atoms with Crippen molar-refractivity contribution in [3.8, 4) is 0 Å². The van der Waals surface area contributed by atoms with E-state index in [1.807, 2.05) is 6.92 Å². The molecule has 0 saturated carbocycles. The predicted octanol–water partition coefficient (Wildman–Crippen LogP) is 0.251. The largest absolute Gasteiger partial charge is 0.365 e. The highest BCUT2D eigenvalue weighted by atomic mass is 16.1. The quantitative estimate of drug-likeness (QED) is 0.816. The average Bonchev–Trinajstić information content (AvgIpc) is 2.67.